The second-order valence-corrected chi connectivity index (χ2v) is 5.62. The summed E-state index contributed by atoms with van der Waals surface area (Å²) in [5.41, 5.74) is 8.37. The fourth-order valence-electron chi connectivity index (χ4n) is 2.36. The maximum Gasteiger partial charge on any atom is 0.304 e. The molecule has 1 rings (SSSR count). The number of benzene rings is 1. The summed E-state index contributed by atoms with van der Waals surface area (Å²) in [4.78, 5) is 11.0. The van der Waals surface area contributed by atoms with Gasteiger partial charge in [0.05, 0.1) is 6.42 Å². The molecular weight excluding hydrogens is 238 g/mol. The zero-order valence-corrected chi connectivity index (χ0v) is 12.1. The summed E-state index contributed by atoms with van der Waals surface area (Å²) in [6.07, 6.45) is 1.92. The van der Waals surface area contributed by atoms with E-state index in [-0.39, 0.29) is 18.4 Å². The Bertz CT molecular complexity index is 398. The van der Waals surface area contributed by atoms with Gasteiger partial charge in [-0.1, -0.05) is 45.0 Å². The van der Waals surface area contributed by atoms with Crippen LogP contribution in [0.1, 0.15) is 50.7 Å². The molecule has 3 N–H and O–H groups in total. The van der Waals surface area contributed by atoms with Crippen molar-refractivity contribution in [3.8, 4) is 0 Å². The molecule has 1 aromatic carbocycles. The van der Waals surface area contributed by atoms with Crippen LogP contribution in [-0.4, -0.2) is 17.1 Å². The lowest BCUT2D eigenvalue weighted by molar-refractivity contribution is -0.137. The minimum atomic E-state index is -0.792. The minimum absolute atomic E-state index is 0.0958. The summed E-state index contributed by atoms with van der Waals surface area (Å²) >= 11 is 0. The summed E-state index contributed by atoms with van der Waals surface area (Å²) in [5, 5.41) is 9.01. The molecule has 2 unspecified atom stereocenters. The average Bonchev–Trinajstić information content (AvgIpc) is 2.35. The average molecular weight is 263 g/mol. The molecule has 2 atom stereocenters. The number of aliphatic carboxylic acids is 1. The number of rotatable bonds is 7. The molecule has 3 heteroatoms. The lowest BCUT2D eigenvalue weighted by Gasteiger charge is -2.22. The van der Waals surface area contributed by atoms with Crippen molar-refractivity contribution in [1.29, 1.82) is 0 Å². The number of nitrogens with two attached hydrogens (primary N) is 1. The lowest BCUT2D eigenvalue weighted by Crippen LogP contribution is -2.29. The molecule has 0 aromatic heterocycles. The van der Waals surface area contributed by atoms with Crippen molar-refractivity contribution in [2.24, 2.45) is 11.7 Å². The molecule has 106 valence electrons. The lowest BCUT2D eigenvalue weighted by atomic mass is 9.87. The standard InChI is InChI=1S/C16H25NO2/c1-4-15(17)14(10-16(18)19)13-7-5-12(6-8-13)9-11(2)3/h5-8,11,14-15H,4,9-10,17H2,1-3H3,(H,18,19). The smallest absolute Gasteiger partial charge is 0.304 e. The molecule has 0 aliphatic rings. The van der Waals surface area contributed by atoms with E-state index < -0.39 is 5.97 Å². The molecule has 0 aliphatic carbocycles. The molecule has 0 spiro atoms. The predicted octanol–water partition coefficient (Wildman–Crippen LogP) is 3.18. The Balaban J connectivity index is 2.87. The largest absolute Gasteiger partial charge is 0.481 e. The molecule has 0 amide bonds. The molecule has 0 aliphatic heterocycles. The van der Waals surface area contributed by atoms with Gasteiger partial charge in [0.1, 0.15) is 0 Å². The van der Waals surface area contributed by atoms with Crippen LogP contribution in [-0.2, 0) is 11.2 Å². The summed E-state index contributed by atoms with van der Waals surface area (Å²) in [6.45, 7) is 6.37. The van der Waals surface area contributed by atoms with E-state index in [2.05, 4.69) is 26.0 Å². The quantitative estimate of drug-likeness (QED) is 0.794. The number of carbonyl (C=O) groups is 1. The Morgan fingerprint density at radius 1 is 1.26 bits per heavy atom. The van der Waals surface area contributed by atoms with Crippen molar-refractivity contribution >= 4 is 5.97 Å². The Morgan fingerprint density at radius 3 is 2.26 bits per heavy atom. The van der Waals surface area contributed by atoms with E-state index in [1.807, 2.05) is 19.1 Å². The van der Waals surface area contributed by atoms with Crippen molar-refractivity contribution in [3.63, 3.8) is 0 Å². The van der Waals surface area contributed by atoms with Crippen molar-refractivity contribution < 1.29 is 9.90 Å². The molecule has 19 heavy (non-hydrogen) atoms. The first kappa shape index (κ1) is 15.7. The molecule has 0 heterocycles. The highest BCUT2D eigenvalue weighted by molar-refractivity contribution is 5.68. The van der Waals surface area contributed by atoms with Gasteiger partial charge in [0, 0.05) is 12.0 Å². The van der Waals surface area contributed by atoms with Gasteiger partial charge in [-0.25, -0.2) is 0 Å². The van der Waals surface area contributed by atoms with Crippen LogP contribution in [0.25, 0.3) is 0 Å². The Hall–Kier alpha value is -1.35. The normalized spacial score (nSPS) is 14.4. The molecular formula is C16H25NO2. The van der Waals surface area contributed by atoms with Gasteiger partial charge in [0.15, 0.2) is 0 Å². The zero-order valence-electron chi connectivity index (χ0n) is 12.1. The first-order valence-electron chi connectivity index (χ1n) is 7.00. The third-order valence-corrected chi connectivity index (χ3v) is 3.43. The third-order valence-electron chi connectivity index (χ3n) is 3.43. The van der Waals surface area contributed by atoms with E-state index >= 15 is 0 Å². The zero-order chi connectivity index (χ0) is 14.4. The van der Waals surface area contributed by atoms with Gasteiger partial charge in [0.2, 0.25) is 0 Å². The summed E-state index contributed by atoms with van der Waals surface area (Å²) < 4.78 is 0. The SMILES string of the molecule is CCC(N)C(CC(=O)O)c1ccc(CC(C)C)cc1. The summed E-state index contributed by atoms with van der Waals surface area (Å²) in [7, 11) is 0. The maximum atomic E-state index is 11.0. The second kappa shape index (κ2) is 7.29. The van der Waals surface area contributed by atoms with Crippen LogP contribution in [0, 0.1) is 5.92 Å². The molecule has 0 saturated carbocycles. The van der Waals surface area contributed by atoms with Gasteiger partial charge in [-0.15, -0.1) is 0 Å². The Morgan fingerprint density at radius 2 is 1.84 bits per heavy atom. The van der Waals surface area contributed by atoms with Crippen LogP contribution < -0.4 is 5.73 Å². The van der Waals surface area contributed by atoms with E-state index in [4.69, 9.17) is 10.8 Å². The van der Waals surface area contributed by atoms with Gasteiger partial charge < -0.3 is 10.8 Å². The van der Waals surface area contributed by atoms with E-state index in [1.165, 1.54) is 5.56 Å². The highest BCUT2D eigenvalue weighted by Crippen LogP contribution is 2.25. The number of carboxylic acid groups (broad SMARTS) is 1. The fraction of sp³-hybridized carbons (Fsp3) is 0.562. The number of hydrogen-bond acceptors (Lipinski definition) is 2. The van der Waals surface area contributed by atoms with Crippen LogP contribution >= 0.6 is 0 Å². The van der Waals surface area contributed by atoms with Gasteiger partial charge in [-0.3, -0.25) is 4.79 Å². The Labute approximate surface area is 115 Å². The van der Waals surface area contributed by atoms with Crippen molar-refractivity contribution in [2.75, 3.05) is 0 Å². The van der Waals surface area contributed by atoms with Crippen LogP contribution in [0.2, 0.25) is 0 Å². The van der Waals surface area contributed by atoms with E-state index in [9.17, 15) is 4.79 Å². The van der Waals surface area contributed by atoms with Crippen LogP contribution in [0.3, 0.4) is 0 Å². The monoisotopic (exact) mass is 263 g/mol. The fourth-order valence-corrected chi connectivity index (χ4v) is 2.36. The van der Waals surface area contributed by atoms with Crippen LogP contribution in [0.4, 0.5) is 0 Å². The molecule has 0 saturated heterocycles. The maximum absolute atomic E-state index is 11.0. The predicted molar refractivity (Wildman–Crippen MR) is 78.2 cm³/mol. The molecule has 0 fully saturated rings. The first-order chi connectivity index (χ1) is 8.93. The Kier molecular flexibility index (Phi) is 6.03. The molecule has 3 nitrogen and oxygen atoms in total. The van der Waals surface area contributed by atoms with Gasteiger partial charge in [-0.2, -0.15) is 0 Å². The van der Waals surface area contributed by atoms with Crippen LogP contribution in [0.15, 0.2) is 24.3 Å². The minimum Gasteiger partial charge on any atom is -0.481 e. The highest BCUT2D eigenvalue weighted by atomic mass is 16.4. The highest BCUT2D eigenvalue weighted by Gasteiger charge is 2.21. The van der Waals surface area contributed by atoms with E-state index in [1.54, 1.807) is 0 Å². The number of hydrogen-bond donors (Lipinski definition) is 2. The molecule has 0 radical (unpaired) electrons. The van der Waals surface area contributed by atoms with Gasteiger partial charge >= 0.3 is 5.97 Å². The summed E-state index contributed by atoms with van der Waals surface area (Å²) in [6, 6.07) is 8.13. The second-order valence-electron chi connectivity index (χ2n) is 5.62. The van der Waals surface area contributed by atoms with E-state index in [0.29, 0.717) is 5.92 Å². The summed E-state index contributed by atoms with van der Waals surface area (Å²) in [5.74, 6) is -0.269. The van der Waals surface area contributed by atoms with Gasteiger partial charge in [-0.05, 0) is 29.9 Å². The van der Waals surface area contributed by atoms with E-state index in [0.717, 1.165) is 18.4 Å². The third kappa shape index (κ3) is 5.03. The molecule has 1 aromatic rings. The van der Waals surface area contributed by atoms with Gasteiger partial charge in [0.25, 0.3) is 0 Å². The number of carboxylic acids is 1. The van der Waals surface area contributed by atoms with Crippen molar-refractivity contribution in [3.05, 3.63) is 35.4 Å². The molecule has 0 bridgehead atoms. The van der Waals surface area contributed by atoms with Crippen molar-refractivity contribution in [1.82, 2.24) is 0 Å². The first-order valence-corrected chi connectivity index (χ1v) is 7.00. The topological polar surface area (TPSA) is 63.3 Å². The van der Waals surface area contributed by atoms with Crippen molar-refractivity contribution in [2.45, 2.75) is 52.0 Å². The van der Waals surface area contributed by atoms with Crippen LogP contribution in [0.5, 0.6) is 0 Å².